The van der Waals surface area contributed by atoms with E-state index < -0.39 is 6.55 Å². The number of rotatable bonds is 7. The second kappa shape index (κ2) is 8.27. The van der Waals surface area contributed by atoms with E-state index >= 15 is 0 Å². The van der Waals surface area contributed by atoms with Crippen molar-refractivity contribution in [1.29, 1.82) is 0 Å². The minimum Gasteiger partial charge on any atom is -0.497 e. The van der Waals surface area contributed by atoms with Crippen molar-refractivity contribution in [2.45, 2.75) is 13.1 Å². The van der Waals surface area contributed by atoms with Crippen LogP contribution in [0.5, 0.6) is 11.5 Å². The largest absolute Gasteiger partial charge is 0.497 e. The molecule has 0 spiro atoms. The summed E-state index contributed by atoms with van der Waals surface area (Å²) in [5.41, 5.74) is 0.694. The zero-order chi connectivity index (χ0) is 18.4. The third-order valence-corrected chi connectivity index (χ3v) is 3.56. The predicted molar refractivity (Wildman–Crippen MR) is 88.5 cm³/mol. The first kappa shape index (κ1) is 18.4. The summed E-state index contributed by atoms with van der Waals surface area (Å²) in [6.07, 6.45) is 5.39. The number of hydrogen-bond acceptors (Lipinski definition) is 4. The van der Waals surface area contributed by atoms with Gasteiger partial charge in [-0.15, -0.1) is 0 Å². The SMILES string of the molecule is COc1ccc(/C=C/C(=O)N(C)Cc2nccn2C(F)F)c(OC)c1. The summed E-state index contributed by atoms with van der Waals surface area (Å²) < 4.78 is 36.7. The van der Waals surface area contributed by atoms with Crippen molar-refractivity contribution in [2.24, 2.45) is 0 Å². The molecular formula is C17H19F2N3O3. The number of carbonyl (C=O) groups excluding carboxylic acids is 1. The van der Waals surface area contributed by atoms with Crippen LogP contribution in [0.2, 0.25) is 0 Å². The zero-order valence-electron chi connectivity index (χ0n) is 14.1. The fourth-order valence-electron chi connectivity index (χ4n) is 2.18. The van der Waals surface area contributed by atoms with E-state index in [-0.39, 0.29) is 18.3 Å². The summed E-state index contributed by atoms with van der Waals surface area (Å²) in [6.45, 7) is -2.72. The normalized spacial score (nSPS) is 11.1. The maximum atomic E-state index is 12.8. The van der Waals surface area contributed by atoms with Crippen molar-refractivity contribution in [2.75, 3.05) is 21.3 Å². The highest BCUT2D eigenvalue weighted by Crippen LogP contribution is 2.25. The van der Waals surface area contributed by atoms with E-state index in [4.69, 9.17) is 9.47 Å². The summed E-state index contributed by atoms with van der Waals surface area (Å²) in [5, 5.41) is 0. The number of benzene rings is 1. The maximum absolute atomic E-state index is 12.8. The maximum Gasteiger partial charge on any atom is 0.319 e. The molecule has 0 radical (unpaired) electrons. The molecule has 1 aromatic carbocycles. The highest BCUT2D eigenvalue weighted by atomic mass is 19.3. The number of imidazole rings is 1. The van der Waals surface area contributed by atoms with Crippen LogP contribution in [0.3, 0.4) is 0 Å². The van der Waals surface area contributed by atoms with Crippen LogP contribution < -0.4 is 9.47 Å². The topological polar surface area (TPSA) is 56.6 Å². The van der Waals surface area contributed by atoms with Crippen LogP contribution in [0.4, 0.5) is 8.78 Å². The van der Waals surface area contributed by atoms with E-state index in [0.29, 0.717) is 17.1 Å². The molecule has 0 atom stereocenters. The lowest BCUT2D eigenvalue weighted by atomic mass is 10.1. The molecule has 2 rings (SSSR count). The van der Waals surface area contributed by atoms with Crippen LogP contribution in [-0.4, -0.2) is 41.6 Å². The molecule has 25 heavy (non-hydrogen) atoms. The molecule has 134 valence electrons. The molecular weight excluding hydrogens is 332 g/mol. The molecule has 0 bridgehead atoms. The number of aromatic nitrogens is 2. The van der Waals surface area contributed by atoms with Crippen LogP contribution in [-0.2, 0) is 11.3 Å². The van der Waals surface area contributed by atoms with Crippen molar-refractivity contribution >= 4 is 12.0 Å². The molecule has 8 heteroatoms. The minimum atomic E-state index is -2.69. The minimum absolute atomic E-state index is 0.0275. The average molecular weight is 351 g/mol. The van der Waals surface area contributed by atoms with Gasteiger partial charge in [-0.1, -0.05) is 0 Å². The highest BCUT2D eigenvalue weighted by molar-refractivity contribution is 5.92. The van der Waals surface area contributed by atoms with Gasteiger partial charge < -0.3 is 14.4 Å². The lowest BCUT2D eigenvalue weighted by molar-refractivity contribution is -0.125. The van der Waals surface area contributed by atoms with Crippen LogP contribution in [0.15, 0.2) is 36.7 Å². The average Bonchev–Trinajstić information content (AvgIpc) is 3.07. The highest BCUT2D eigenvalue weighted by Gasteiger charge is 2.15. The molecule has 1 aromatic heterocycles. The van der Waals surface area contributed by atoms with Gasteiger partial charge in [-0.25, -0.2) is 4.98 Å². The van der Waals surface area contributed by atoms with Gasteiger partial charge in [-0.2, -0.15) is 8.78 Å². The number of nitrogens with zero attached hydrogens (tertiary/aromatic N) is 3. The lowest BCUT2D eigenvalue weighted by Gasteiger charge is -2.15. The fourth-order valence-corrected chi connectivity index (χ4v) is 2.18. The van der Waals surface area contributed by atoms with Gasteiger partial charge in [-0.3, -0.25) is 9.36 Å². The molecule has 2 aromatic rings. The molecule has 0 aliphatic rings. The Bertz CT molecular complexity index is 759. The van der Waals surface area contributed by atoms with Gasteiger partial charge in [0.2, 0.25) is 5.91 Å². The van der Waals surface area contributed by atoms with Crippen molar-refractivity contribution in [3.05, 3.63) is 48.1 Å². The molecule has 1 amide bonds. The zero-order valence-corrected chi connectivity index (χ0v) is 14.1. The lowest BCUT2D eigenvalue weighted by Crippen LogP contribution is -2.26. The number of alkyl halides is 2. The molecule has 0 unspecified atom stereocenters. The summed E-state index contributed by atoms with van der Waals surface area (Å²) in [6, 6.07) is 5.20. The van der Waals surface area contributed by atoms with Gasteiger partial charge in [0, 0.05) is 37.1 Å². The van der Waals surface area contributed by atoms with Crippen molar-refractivity contribution in [3.8, 4) is 11.5 Å². The van der Waals surface area contributed by atoms with Gasteiger partial charge >= 0.3 is 6.55 Å². The van der Waals surface area contributed by atoms with E-state index in [1.807, 2.05) is 0 Å². The Labute approximate surface area is 144 Å². The third kappa shape index (κ3) is 4.56. The second-order valence-corrected chi connectivity index (χ2v) is 5.16. The first-order chi connectivity index (χ1) is 12.0. The number of methoxy groups -OCH3 is 2. The standard InChI is InChI=1S/C17H19F2N3O3/c1-21(11-15-20-8-9-22(15)17(18)19)16(23)7-5-12-4-6-13(24-2)10-14(12)25-3/h4-10,17H,11H2,1-3H3/b7-5+. The van der Waals surface area contributed by atoms with Gasteiger partial charge in [0.25, 0.3) is 0 Å². The summed E-state index contributed by atoms with van der Waals surface area (Å²) in [4.78, 5) is 17.4. The Morgan fingerprint density at radius 3 is 2.76 bits per heavy atom. The summed E-state index contributed by atoms with van der Waals surface area (Å²) in [7, 11) is 4.58. The quantitative estimate of drug-likeness (QED) is 0.720. The van der Waals surface area contributed by atoms with Crippen molar-refractivity contribution in [3.63, 3.8) is 0 Å². The molecule has 0 N–H and O–H groups in total. The van der Waals surface area contributed by atoms with Crippen LogP contribution in [0.1, 0.15) is 17.9 Å². The number of amides is 1. The number of likely N-dealkylation sites (N-methyl/N-ethyl adjacent to an activating group) is 1. The summed E-state index contributed by atoms with van der Waals surface area (Å²) in [5.74, 6) is 0.957. The number of carbonyl (C=O) groups is 1. The molecule has 1 heterocycles. The van der Waals surface area contributed by atoms with Crippen LogP contribution in [0, 0.1) is 0 Å². The van der Waals surface area contributed by atoms with Crippen molar-refractivity contribution < 1.29 is 23.0 Å². The van der Waals surface area contributed by atoms with Gasteiger partial charge in [-0.05, 0) is 18.2 Å². The Hall–Kier alpha value is -2.90. The fraction of sp³-hybridized carbons (Fsp3) is 0.294. The van der Waals surface area contributed by atoms with E-state index in [1.54, 1.807) is 31.4 Å². The van der Waals surface area contributed by atoms with Gasteiger partial charge in [0.1, 0.15) is 17.3 Å². The van der Waals surface area contributed by atoms with Gasteiger partial charge in [0.05, 0.1) is 20.8 Å². The smallest absolute Gasteiger partial charge is 0.319 e. The molecule has 0 fully saturated rings. The van der Waals surface area contributed by atoms with E-state index in [1.165, 1.54) is 37.5 Å². The predicted octanol–water partition coefficient (Wildman–Crippen LogP) is 2.97. The van der Waals surface area contributed by atoms with Crippen LogP contribution in [0.25, 0.3) is 6.08 Å². The van der Waals surface area contributed by atoms with E-state index in [9.17, 15) is 13.6 Å². The molecule has 6 nitrogen and oxygen atoms in total. The Kier molecular flexibility index (Phi) is 6.10. The molecule has 0 saturated carbocycles. The summed E-state index contributed by atoms with van der Waals surface area (Å²) >= 11 is 0. The first-order valence-corrected chi connectivity index (χ1v) is 7.41. The second-order valence-electron chi connectivity index (χ2n) is 5.16. The number of hydrogen-bond donors (Lipinski definition) is 0. The monoisotopic (exact) mass is 351 g/mol. The van der Waals surface area contributed by atoms with Crippen LogP contribution >= 0.6 is 0 Å². The van der Waals surface area contributed by atoms with E-state index in [0.717, 1.165) is 4.57 Å². The third-order valence-electron chi connectivity index (χ3n) is 3.56. The van der Waals surface area contributed by atoms with Gasteiger partial charge in [0.15, 0.2) is 0 Å². The van der Waals surface area contributed by atoms with E-state index in [2.05, 4.69) is 4.98 Å². The molecule has 0 aliphatic heterocycles. The first-order valence-electron chi connectivity index (χ1n) is 7.41. The Morgan fingerprint density at radius 1 is 1.36 bits per heavy atom. The Balaban J connectivity index is 2.08. The molecule has 0 aliphatic carbocycles. The number of ether oxygens (including phenoxy) is 2. The number of halogens is 2. The molecule has 0 saturated heterocycles. The Morgan fingerprint density at radius 2 is 2.12 bits per heavy atom. The van der Waals surface area contributed by atoms with Crippen molar-refractivity contribution in [1.82, 2.24) is 14.5 Å².